The zero-order valence-corrected chi connectivity index (χ0v) is 12.2. The van der Waals surface area contributed by atoms with Gasteiger partial charge in [-0.05, 0) is 31.5 Å². The molecule has 0 saturated heterocycles. The molecule has 1 aromatic carbocycles. The van der Waals surface area contributed by atoms with Crippen LogP contribution in [0.25, 0.3) is 0 Å². The van der Waals surface area contributed by atoms with E-state index in [0.29, 0.717) is 5.56 Å². The van der Waals surface area contributed by atoms with Crippen molar-refractivity contribution in [1.82, 2.24) is 0 Å². The first kappa shape index (κ1) is 15.6. The van der Waals surface area contributed by atoms with Crippen LogP contribution in [0.1, 0.15) is 25.3 Å². The fourth-order valence-electron chi connectivity index (χ4n) is 2.37. The lowest BCUT2D eigenvalue weighted by atomic mass is 9.83. The predicted octanol–water partition coefficient (Wildman–Crippen LogP) is 2.47. The van der Waals surface area contributed by atoms with E-state index in [1.165, 1.54) is 18.2 Å². The number of halogens is 1. The van der Waals surface area contributed by atoms with E-state index in [1.54, 1.807) is 19.9 Å². The van der Waals surface area contributed by atoms with E-state index in [0.717, 1.165) is 0 Å². The van der Waals surface area contributed by atoms with Gasteiger partial charge in [-0.1, -0.05) is 12.1 Å². The second kappa shape index (κ2) is 6.31. The maximum atomic E-state index is 13.5. The van der Waals surface area contributed by atoms with Crippen molar-refractivity contribution in [3.05, 3.63) is 58.4 Å². The molecule has 1 aliphatic heterocycles. The first-order chi connectivity index (χ1) is 10.5. The second-order valence-corrected chi connectivity index (χ2v) is 4.67. The fraction of sp³-hybridized carbons (Fsp3) is 0.250. The molecule has 0 radical (unpaired) electrons. The van der Waals surface area contributed by atoms with Crippen molar-refractivity contribution in [2.24, 2.45) is 5.73 Å². The Bertz CT molecular complexity index is 716. The molecule has 0 aromatic heterocycles. The zero-order chi connectivity index (χ0) is 16.3. The van der Waals surface area contributed by atoms with Gasteiger partial charge in [0.05, 0.1) is 18.1 Å². The third kappa shape index (κ3) is 2.79. The summed E-state index contributed by atoms with van der Waals surface area (Å²) in [6.07, 6.45) is 0. The molecule has 2 N–H and O–H groups in total. The van der Waals surface area contributed by atoms with E-state index in [4.69, 9.17) is 15.2 Å². The van der Waals surface area contributed by atoms with E-state index in [-0.39, 0.29) is 29.4 Å². The van der Waals surface area contributed by atoms with Crippen LogP contribution in [0.15, 0.2) is 47.1 Å². The topological polar surface area (TPSA) is 85.3 Å². The third-order valence-electron chi connectivity index (χ3n) is 3.28. The predicted molar refractivity (Wildman–Crippen MR) is 76.4 cm³/mol. The summed E-state index contributed by atoms with van der Waals surface area (Å²) in [5, 5.41) is 9.34. The van der Waals surface area contributed by atoms with E-state index < -0.39 is 17.7 Å². The number of nitrogens with two attached hydrogens (primary N) is 1. The number of rotatable bonds is 3. The van der Waals surface area contributed by atoms with Crippen molar-refractivity contribution in [3.63, 3.8) is 0 Å². The summed E-state index contributed by atoms with van der Waals surface area (Å²) in [5.74, 6) is -1.75. The van der Waals surface area contributed by atoms with Gasteiger partial charge in [0.15, 0.2) is 0 Å². The maximum Gasteiger partial charge on any atom is 0.338 e. The summed E-state index contributed by atoms with van der Waals surface area (Å²) in [6, 6.07) is 7.60. The van der Waals surface area contributed by atoms with Crippen LogP contribution in [0, 0.1) is 17.1 Å². The molecule has 0 unspecified atom stereocenters. The van der Waals surface area contributed by atoms with Gasteiger partial charge >= 0.3 is 5.97 Å². The van der Waals surface area contributed by atoms with Gasteiger partial charge in [0, 0.05) is 0 Å². The Balaban J connectivity index is 2.62. The molecule has 6 heteroatoms. The Labute approximate surface area is 127 Å². The molecule has 2 rings (SSSR count). The van der Waals surface area contributed by atoms with Crippen molar-refractivity contribution in [3.8, 4) is 6.07 Å². The molecule has 1 atom stereocenters. The molecule has 0 saturated carbocycles. The Morgan fingerprint density at radius 3 is 2.86 bits per heavy atom. The minimum absolute atomic E-state index is 0.0549. The Kier molecular flexibility index (Phi) is 4.47. The smallest absolute Gasteiger partial charge is 0.338 e. The molecule has 0 amide bonds. The summed E-state index contributed by atoms with van der Waals surface area (Å²) < 4.78 is 23.8. The number of nitriles is 1. The first-order valence-electron chi connectivity index (χ1n) is 6.70. The number of nitrogens with zero attached hydrogens (tertiary/aromatic N) is 1. The quantitative estimate of drug-likeness (QED) is 0.867. The molecule has 1 aromatic rings. The average molecular weight is 302 g/mol. The van der Waals surface area contributed by atoms with Crippen LogP contribution in [0.3, 0.4) is 0 Å². The summed E-state index contributed by atoms with van der Waals surface area (Å²) in [7, 11) is 0. The molecule has 22 heavy (non-hydrogen) atoms. The van der Waals surface area contributed by atoms with Gasteiger partial charge in [0.1, 0.15) is 23.2 Å². The van der Waals surface area contributed by atoms with Crippen molar-refractivity contribution in [2.75, 3.05) is 6.61 Å². The van der Waals surface area contributed by atoms with Gasteiger partial charge in [-0.25, -0.2) is 9.18 Å². The first-order valence-corrected chi connectivity index (χ1v) is 6.70. The van der Waals surface area contributed by atoms with Crippen molar-refractivity contribution < 1.29 is 18.7 Å². The number of benzene rings is 1. The Morgan fingerprint density at radius 2 is 2.27 bits per heavy atom. The highest BCUT2D eigenvalue weighted by atomic mass is 19.1. The van der Waals surface area contributed by atoms with Gasteiger partial charge in [0.25, 0.3) is 0 Å². The lowest BCUT2D eigenvalue weighted by Crippen LogP contribution is -2.25. The largest absolute Gasteiger partial charge is 0.463 e. The van der Waals surface area contributed by atoms with Crippen molar-refractivity contribution in [2.45, 2.75) is 19.8 Å². The highest BCUT2D eigenvalue weighted by Gasteiger charge is 2.36. The van der Waals surface area contributed by atoms with Gasteiger partial charge < -0.3 is 15.2 Å². The molecular weight excluding hydrogens is 287 g/mol. The lowest BCUT2D eigenvalue weighted by molar-refractivity contribution is -0.139. The standard InChI is InChI=1S/C16H15FN2O3/c1-3-21-16(20)13-9(2)22-15(19)12(8-18)14(13)10-5-4-6-11(17)7-10/h4-7,14H,3,19H2,1-2H3/t14-/m0/s1. The van der Waals surface area contributed by atoms with Crippen LogP contribution >= 0.6 is 0 Å². The minimum atomic E-state index is -0.812. The molecule has 0 aliphatic carbocycles. The number of esters is 1. The highest BCUT2D eigenvalue weighted by molar-refractivity contribution is 5.92. The molecule has 1 heterocycles. The molecular formula is C16H15FN2O3. The molecule has 5 nitrogen and oxygen atoms in total. The van der Waals surface area contributed by atoms with Crippen molar-refractivity contribution in [1.29, 1.82) is 5.26 Å². The monoisotopic (exact) mass is 302 g/mol. The van der Waals surface area contributed by atoms with E-state index >= 15 is 0 Å². The number of carbonyl (C=O) groups excluding carboxylic acids is 1. The van der Waals surface area contributed by atoms with E-state index in [9.17, 15) is 14.4 Å². The molecule has 0 spiro atoms. The molecule has 1 aliphatic rings. The van der Waals surface area contributed by atoms with E-state index in [1.807, 2.05) is 6.07 Å². The number of hydrogen-bond donors (Lipinski definition) is 1. The van der Waals surface area contributed by atoms with Gasteiger partial charge in [-0.15, -0.1) is 0 Å². The van der Waals surface area contributed by atoms with Gasteiger partial charge in [-0.3, -0.25) is 0 Å². The zero-order valence-electron chi connectivity index (χ0n) is 12.2. The lowest BCUT2D eigenvalue weighted by Gasteiger charge is -2.26. The van der Waals surface area contributed by atoms with Crippen LogP contribution in [-0.2, 0) is 14.3 Å². The van der Waals surface area contributed by atoms with Crippen molar-refractivity contribution >= 4 is 5.97 Å². The summed E-state index contributed by atoms with van der Waals surface area (Å²) in [6.45, 7) is 3.40. The summed E-state index contributed by atoms with van der Waals surface area (Å²) >= 11 is 0. The average Bonchev–Trinajstić information content (AvgIpc) is 2.46. The van der Waals surface area contributed by atoms with Gasteiger partial charge in [-0.2, -0.15) is 5.26 Å². The van der Waals surface area contributed by atoms with Crippen LogP contribution in [-0.4, -0.2) is 12.6 Å². The molecule has 0 fully saturated rings. The van der Waals surface area contributed by atoms with Crippen LogP contribution in [0.5, 0.6) is 0 Å². The van der Waals surface area contributed by atoms with Crippen LogP contribution in [0.2, 0.25) is 0 Å². The fourth-order valence-corrected chi connectivity index (χ4v) is 2.37. The highest BCUT2D eigenvalue weighted by Crippen LogP contribution is 2.39. The number of ether oxygens (including phenoxy) is 2. The number of allylic oxidation sites excluding steroid dienone is 2. The number of carbonyl (C=O) groups is 1. The Morgan fingerprint density at radius 1 is 1.55 bits per heavy atom. The third-order valence-corrected chi connectivity index (χ3v) is 3.28. The number of hydrogen-bond acceptors (Lipinski definition) is 5. The Hall–Kier alpha value is -2.81. The maximum absolute atomic E-state index is 13.5. The van der Waals surface area contributed by atoms with Crippen LogP contribution < -0.4 is 5.73 Å². The molecule has 0 bridgehead atoms. The summed E-state index contributed by atoms with van der Waals surface area (Å²) in [5.41, 5.74) is 6.38. The van der Waals surface area contributed by atoms with E-state index in [2.05, 4.69) is 0 Å². The molecule has 114 valence electrons. The minimum Gasteiger partial charge on any atom is -0.463 e. The second-order valence-electron chi connectivity index (χ2n) is 4.67. The normalized spacial score (nSPS) is 17.8. The van der Waals surface area contributed by atoms with Crippen LogP contribution in [0.4, 0.5) is 4.39 Å². The SMILES string of the molecule is CCOC(=O)C1=C(C)OC(N)=C(C#N)[C@@H]1c1cccc(F)c1. The van der Waals surface area contributed by atoms with Gasteiger partial charge in [0.2, 0.25) is 5.88 Å². The summed E-state index contributed by atoms with van der Waals surface area (Å²) in [4.78, 5) is 12.2.